The summed E-state index contributed by atoms with van der Waals surface area (Å²) in [5.74, 6) is -2.87. The maximum Gasteiger partial charge on any atom is 0.326 e. The molecule has 0 bridgehead atoms. The summed E-state index contributed by atoms with van der Waals surface area (Å²) in [6, 6.07) is 4.52. The van der Waals surface area contributed by atoms with Crippen LogP contribution in [0.5, 0.6) is 0 Å². The molecular weight excluding hydrogens is 462 g/mol. The lowest BCUT2D eigenvalue weighted by Crippen LogP contribution is -2.50. The largest absolute Gasteiger partial charge is 0.481 e. The number of rotatable bonds is 10. The van der Waals surface area contributed by atoms with Gasteiger partial charge in [-0.05, 0) is 30.7 Å². The molecule has 0 fully saturated rings. The number of fused-ring (bicyclic) bond motifs is 1. The van der Waals surface area contributed by atoms with Gasteiger partial charge in [-0.1, -0.05) is 0 Å². The highest BCUT2D eigenvalue weighted by Crippen LogP contribution is 2.25. The van der Waals surface area contributed by atoms with Crippen molar-refractivity contribution in [3.05, 3.63) is 40.2 Å². The zero-order valence-electron chi connectivity index (χ0n) is 18.7. The van der Waals surface area contributed by atoms with Gasteiger partial charge in [-0.15, -0.1) is 0 Å². The zero-order chi connectivity index (χ0) is 25.7. The van der Waals surface area contributed by atoms with E-state index in [0.717, 1.165) is 4.90 Å². The fraction of sp³-hybridized carbons (Fsp3) is 0.333. The van der Waals surface area contributed by atoms with Crippen LogP contribution in [0.1, 0.15) is 23.2 Å². The van der Waals surface area contributed by atoms with Crippen LogP contribution in [0, 0.1) is 0 Å². The first-order valence-corrected chi connectivity index (χ1v) is 10.5. The molecule has 0 spiro atoms. The lowest BCUT2D eigenvalue weighted by Gasteiger charge is -2.34. The van der Waals surface area contributed by atoms with E-state index < -0.39 is 35.5 Å². The van der Waals surface area contributed by atoms with Crippen molar-refractivity contribution < 1.29 is 29.4 Å². The van der Waals surface area contributed by atoms with Crippen molar-refractivity contribution >= 4 is 47.4 Å². The molecular formula is C21H25N7O7. The van der Waals surface area contributed by atoms with Gasteiger partial charge in [0.15, 0.2) is 11.5 Å². The van der Waals surface area contributed by atoms with E-state index in [4.69, 9.17) is 10.8 Å². The number of nitrogens with zero attached hydrogens (tertiary/aromatic N) is 3. The standard InChI is InChI=1S/C21H25N7O7/c1-27(14(20(34)35)6-7-15(30)31)19(33)11-2-4-12(5-3-11)23-8-13-9-24-17-16(28(13)10-29)18(32)26-21(22)25-17/h2-5,10,13-14,23H,6-9H2,1H3,(H,30,31)(H,34,35)(H4,22,24,25,26,32). The van der Waals surface area contributed by atoms with E-state index in [-0.39, 0.29) is 42.4 Å². The molecule has 14 heteroatoms. The molecule has 0 saturated heterocycles. The number of H-pyrrole nitrogens is 1. The Morgan fingerprint density at radius 2 is 2.00 bits per heavy atom. The summed E-state index contributed by atoms with van der Waals surface area (Å²) in [5.41, 5.74) is 5.89. The second kappa shape index (κ2) is 10.5. The predicted octanol–water partition coefficient (Wildman–Crippen LogP) is -0.389. The number of nitrogens with two attached hydrogens (primary N) is 1. The van der Waals surface area contributed by atoms with Crippen LogP contribution in [-0.2, 0) is 14.4 Å². The Kier molecular flexibility index (Phi) is 7.53. The van der Waals surface area contributed by atoms with Crippen LogP contribution in [0.4, 0.5) is 23.1 Å². The molecule has 2 aromatic rings. The summed E-state index contributed by atoms with van der Waals surface area (Å²) in [7, 11) is 1.31. The molecule has 2 amide bonds. The van der Waals surface area contributed by atoms with Crippen LogP contribution in [-0.4, -0.2) is 81.6 Å². The van der Waals surface area contributed by atoms with Crippen molar-refractivity contribution in [2.75, 3.05) is 41.4 Å². The highest BCUT2D eigenvalue weighted by molar-refractivity contribution is 5.96. The molecule has 186 valence electrons. The lowest BCUT2D eigenvalue weighted by molar-refractivity contribution is -0.143. The second-order valence-corrected chi connectivity index (χ2v) is 7.86. The number of nitrogen functional groups attached to an aromatic ring is 1. The molecule has 1 aliphatic heterocycles. The Balaban J connectivity index is 1.65. The molecule has 2 heterocycles. The Morgan fingerprint density at radius 1 is 1.31 bits per heavy atom. The Bertz CT molecular complexity index is 1180. The fourth-order valence-corrected chi connectivity index (χ4v) is 3.71. The van der Waals surface area contributed by atoms with Crippen molar-refractivity contribution in [1.29, 1.82) is 0 Å². The summed E-state index contributed by atoms with van der Waals surface area (Å²) in [5, 5.41) is 24.3. The molecule has 14 nitrogen and oxygen atoms in total. The molecule has 0 radical (unpaired) electrons. The highest BCUT2D eigenvalue weighted by Gasteiger charge is 2.30. The number of likely N-dealkylation sites (N-methyl/N-ethyl adjacent to an activating group) is 1. The topological polar surface area (TPSA) is 211 Å². The minimum Gasteiger partial charge on any atom is -0.481 e. The van der Waals surface area contributed by atoms with E-state index in [1.807, 2.05) is 0 Å². The smallest absolute Gasteiger partial charge is 0.326 e. The maximum atomic E-state index is 12.7. The molecule has 35 heavy (non-hydrogen) atoms. The third-order valence-electron chi connectivity index (χ3n) is 5.56. The number of anilines is 4. The van der Waals surface area contributed by atoms with Crippen LogP contribution < -0.4 is 26.8 Å². The van der Waals surface area contributed by atoms with Crippen molar-refractivity contribution in [2.24, 2.45) is 0 Å². The van der Waals surface area contributed by atoms with Crippen LogP contribution in [0.25, 0.3) is 0 Å². The van der Waals surface area contributed by atoms with E-state index in [0.29, 0.717) is 18.6 Å². The number of benzene rings is 1. The average molecular weight is 487 g/mol. The van der Waals surface area contributed by atoms with Crippen molar-refractivity contribution in [3.8, 4) is 0 Å². The first-order valence-electron chi connectivity index (χ1n) is 10.5. The van der Waals surface area contributed by atoms with Gasteiger partial charge in [0, 0.05) is 37.8 Å². The van der Waals surface area contributed by atoms with Gasteiger partial charge in [-0.3, -0.25) is 24.2 Å². The number of hydrogen-bond acceptors (Lipinski definition) is 9. The number of aromatic amines is 1. The molecule has 7 N–H and O–H groups in total. The van der Waals surface area contributed by atoms with Gasteiger partial charge in [-0.25, -0.2) is 4.79 Å². The minimum atomic E-state index is -1.29. The van der Waals surface area contributed by atoms with Gasteiger partial charge in [0.05, 0.1) is 6.04 Å². The van der Waals surface area contributed by atoms with Crippen LogP contribution in [0.15, 0.2) is 29.1 Å². The summed E-state index contributed by atoms with van der Waals surface area (Å²) >= 11 is 0. The molecule has 2 unspecified atom stereocenters. The molecule has 1 aromatic heterocycles. The quantitative estimate of drug-likeness (QED) is 0.238. The second-order valence-electron chi connectivity index (χ2n) is 7.86. The molecule has 0 aliphatic carbocycles. The van der Waals surface area contributed by atoms with Crippen molar-refractivity contribution in [2.45, 2.75) is 24.9 Å². The van der Waals surface area contributed by atoms with Crippen LogP contribution in [0.3, 0.4) is 0 Å². The van der Waals surface area contributed by atoms with E-state index in [1.165, 1.54) is 24.1 Å². The minimum absolute atomic E-state index is 0.0621. The van der Waals surface area contributed by atoms with Gasteiger partial charge >= 0.3 is 11.9 Å². The van der Waals surface area contributed by atoms with E-state index in [1.54, 1.807) is 12.1 Å². The van der Waals surface area contributed by atoms with Gasteiger partial charge in [-0.2, -0.15) is 4.98 Å². The average Bonchev–Trinajstić information content (AvgIpc) is 2.81. The monoisotopic (exact) mass is 487 g/mol. The number of carbonyl (C=O) groups excluding carboxylic acids is 2. The summed E-state index contributed by atoms with van der Waals surface area (Å²) in [4.78, 5) is 67.5. The van der Waals surface area contributed by atoms with Crippen LogP contribution >= 0.6 is 0 Å². The van der Waals surface area contributed by atoms with Gasteiger partial charge in [0.1, 0.15) is 6.04 Å². The maximum absolute atomic E-state index is 12.7. The normalized spacial score (nSPS) is 15.3. The molecule has 0 saturated carbocycles. The SMILES string of the molecule is CN(C(=O)c1ccc(NCC2CNc3nc(N)[nH]c(=O)c3N2C=O)cc1)C(CCC(=O)O)C(=O)O. The number of aromatic nitrogens is 2. The van der Waals surface area contributed by atoms with Crippen LogP contribution in [0.2, 0.25) is 0 Å². The molecule has 2 atom stereocenters. The Morgan fingerprint density at radius 3 is 2.60 bits per heavy atom. The predicted molar refractivity (Wildman–Crippen MR) is 125 cm³/mol. The number of aliphatic carboxylic acids is 2. The summed E-state index contributed by atoms with van der Waals surface area (Å²) in [6.07, 6.45) is -0.0612. The number of carbonyl (C=O) groups is 4. The van der Waals surface area contributed by atoms with E-state index in [2.05, 4.69) is 20.6 Å². The highest BCUT2D eigenvalue weighted by atomic mass is 16.4. The molecule has 1 aromatic carbocycles. The number of carboxylic acid groups (broad SMARTS) is 2. The first kappa shape index (κ1) is 25.0. The number of hydrogen-bond donors (Lipinski definition) is 6. The Hall–Kier alpha value is -4.62. The number of carboxylic acids is 2. The Labute approximate surface area is 198 Å². The number of nitrogens with one attached hydrogen (secondary N) is 3. The lowest BCUT2D eigenvalue weighted by atomic mass is 10.1. The third-order valence-corrected chi connectivity index (χ3v) is 5.56. The van der Waals surface area contributed by atoms with Crippen molar-refractivity contribution in [1.82, 2.24) is 14.9 Å². The van der Waals surface area contributed by atoms with Gasteiger partial charge in [0.25, 0.3) is 11.5 Å². The van der Waals surface area contributed by atoms with E-state index in [9.17, 15) is 29.1 Å². The zero-order valence-corrected chi connectivity index (χ0v) is 18.7. The first-order chi connectivity index (χ1) is 16.6. The molecule has 3 rings (SSSR count). The van der Waals surface area contributed by atoms with E-state index >= 15 is 0 Å². The van der Waals surface area contributed by atoms with Gasteiger partial charge in [0.2, 0.25) is 12.4 Å². The van der Waals surface area contributed by atoms with Gasteiger partial charge < -0.3 is 36.4 Å². The fourth-order valence-electron chi connectivity index (χ4n) is 3.71. The molecule has 1 aliphatic rings. The third kappa shape index (κ3) is 5.66. The summed E-state index contributed by atoms with van der Waals surface area (Å²) < 4.78 is 0. The van der Waals surface area contributed by atoms with Crippen molar-refractivity contribution in [3.63, 3.8) is 0 Å². The summed E-state index contributed by atoms with van der Waals surface area (Å²) in [6.45, 7) is 0.571. The number of amides is 2.